The maximum Gasteiger partial charge on any atom is 0.225 e. The third-order valence-electron chi connectivity index (χ3n) is 3.99. The Morgan fingerprint density at radius 1 is 1.38 bits per heavy atom. The highest BCUT2D eigenvalue weighted by Crippen LogP contribution is 2.43. The van der Waals surface area contributed by atoms with E-state index in [1.54, 1.807) is 0 Å². The topological polar surface area (TPSA) is 59.8 Å². The number of hydrogen-bond donors (Lipinski definition) is 1. The van der Waals surface area contributed by atoms with Gasteiger partial charge in [-0.15, -0.1) is 6.58 Å². The molecule has 0 saturated heterocycles. The van der Waals surface area contributed by atoms with Gasteiger partial charge in [0.25, 0.3) is 0 Å². The van der Waals surface area contributed by atoms with Crippen LogP contribution in [-0.4, -0.2) is 20.1 Å². The first-order valence-corrected chi connectivity index (χ1v) is 7.71. The normalized spacial score (nSPS) is 17.5. The summed E-state index contributed by atoms with van der Waals surface area (Å²) in [5.74, 6) is 0.0949. The average molecular weight is 302 g/mol. The van der Waals surface area contributed by atoms with Crippen LogP contribution in [0, 0.1) is 20.8 Å². The Morgan fingerprint density at radius 2 is 2.14 bits per heavy atom. The van der Waals surface area contributed by atoms with Crippen molar-refractivity contribution < 1.29 is 4.79 Å². The summed E-state index contributed by atoms with van der Waals surface area (Å²) in [5.41, 5.74) is 5.37. The van der Waals surface area contributed by atoms with Gasteiger partial charge in [0.1, 0.15) is 5.00 Å². The zero-order valence-electron chi connectivity index (χ0n) is 12.4. The van der Waals surface area contributed by atoms with Crippen molar-refractivity contribution in [1.29, 1.82) is 0 Å². The minimum absolute atomic E-state index is 0.0473. The van der Waals surface area contributed by atoms with E-state index in [0.717, 1.165) is 33.2 Å². The third kappa shape index (κ3) is 2.19. The van der Waals surface area contributed by atoms with Crippen LogP contribution in [0.4, 0.5) is 5.00 Å². The second-order valence-corrected chi connectivity index (χ2v) is 6.14. The van der Waals surface area contributed by atoms with Gasteiger partial charge in [0.2, 0.25) is 5.91 Å². The summed E-state index contributed by atoms with van der Waals surface area (Å²) < 4.78 is 6.34. The summed E-state index contributed by atoms with van der Waals surface area (Å²) >= 11 is 1.36. The Morgan fingerprint density at radius 3 is 2.86 bits per heavy atom. The highest BCUT2D eigenvalue weighted by Gasteiger charge is 2.33. The molecule has 5 nitrogen and oxygen atoms in total. The molecular formula is C15H18N4OS. The number of aromatic nitrogens is 3. The first-order chi connectivity index (χ1) is 10.0. The van der Waals surface area contributed by atoms with Gasteiger partial charge in [-0.05, 0) is 32.3 Å². The minimum atomic E-state index is 0.0473. The summed E-state index contributed by atoms with van der Waals surface area (Å²) in [4.78, 5) is 12.0. The molecule has 6 heteroatoms. The number of fused-ring (bicyclic) bond motifs is 1. The van der Waals surface area contributed by atoms with Crippen molar-refractivity contribution in [3.63, 3.8) is 0 Å². The SMILES string of the molecule is C=CCn1nc(C)c([C@@H]2CC(=O)Nc3snc(C)c32)c1C. The van der Waals surface area contributed by atoms with Crippen LogP contribution >= 0.6 is 11.5 Å². The molecule has 2 aromatic heterocycles. The number of carbonyl (C=O) groups excluding carboxylic acids is 1. The van der Waals surface area contributed by atoms with Gasteiger partial charge in [0, 0.05) is 29.2 Å². The summed E-state index contributed by atoms with van der Waals surface area (Å²) in [5, 5.41) is 8.39. The number of nitrogens with zero attached hydrogens (tertiary/aromatic N) is 3. The molecular weight excluding hydrogens is 284 g/mol. The molecule has 1 aliphatic rings. The van der Waals surface area contributed by atoms with Gasteiger partial charge in [-0.3, -0.25) is 9.48 Å². The first kappa shape index (κ1) is 14.0. The standard InChI is InChI=1S/C15H18N4OS/c1-5-6-19-10(4)13(8(2)17-19)11-7-12(20)16-15-14(11)9(3)18-21-15/h5,11H,1,6-7H2,2-4H3,(H,16,20)/t11-/m0/s1. The lowest BCUT2D eigenvalue weighted by Gasteiger charge is -2.23. The maximum absolute atomic E-state index is 12.0. The van der Waals surface area contributed by atoms with E-state index in [-0.39, 0.29) is 11.8 Å². The van der Waals surface area contributed by atoms with Gasteiger partial charge in [-0.2, -0.15) is 9.47 Å². The van der Waals surface area contributed by atoms with Gasteiger partial charge >= 0.3 is 0 Å². The monoisotopic (exact) mass is 302 g/mol. The summed E-state index contributed by atoms with van der Waals surface area (Å²) in [6.07, 6.45) is 2.29. The Balaban J connectivity index is 2.15. The van der Waals surface area contributed by atoms with E-state index in [1.165, 1.54) is 11.5 Å². The zero-order chi connectivity index (χ0) is 15.1. The molecule has 1 atom stereocenters. The van der Waals surface area contributed by atoms with Crippen molar-refractivity contribution in [3.8, 4) is 0 Å². The Bertz CT molecular complexity index is 728. The van der Waals surface area contributed by atoms with Crippen LogP contribution in [0.15, 0.2) is 12.7 Å². The van der Waals surface area contributed by atoms with E-state index in [1.807, 2.05) is 24.6 Å². The second-order valence-electron chi connectivity index (χ2n) is 5.37. The first-order valence-electron chi connectivity index (χ1n) is 6.93. The number of aryl methyl sites for hydroxylation is 2. The van der Waals surface area contributed by atoms with E-state index >= 15 is 0 Å². The second kappa shape index (κ2) is 5.11. The molecule has 3 heterocycles. The van der Waals surface area contributed by atoms with Crippen LogP contribution < -0.4 is 5.32 Å². The number of hydrogen-bond acceptors (Lipinski definition) is 4. The molecule has 0 aromatic carbocycles. The van der Waals surface area contributed by atoms with Gasteiger partial charge in [-0.1, -0.05) is 6.08 Å². The van der Waals surface area contributed by atoms with Gasteiger partial charge in [0.05, 0.1) is 17.9 Å². The van der Waals surface area contributed by atoms with Crippen molar-refractivity contribution >= 4 is 22.4 Å². The summed E-state index contributed by atoms with van der Waals surface area (Å²) in [7, 11) is 0. The summed E-state index contributed by atoms with van der Waals surface area (Å²) in [6.45, 7) is 10.5. The molecule has 0 unspecified atom stereocenters. The molecule has 0 radical (unpaired) electrons. The molecule has 0 fully saturated rings. The molecule has 0 bridgehead atoms. The van der Waals surface area contributed by atoms with Crippen molar-refractivity contribution in [2.24, 2.45) is 0 Å². The fraction of sp³-hybridized carbons (Fsp3) is 0.400. The van der Waals surface area contributed by atoms with Crippen molar-refractivity contribution in [2.45, 2.75) is 39.7 Å². The van der Waals surface area contributed by atoms with Crippen molar-refractivity contribution in [3.05, 3.63) is 40.9 Å². The quantitative estimate of drug-likeness (QED) is 0.887. The largest absolute Gasteiger partial charge is 0.316 e. The van der Waals surface area contributed by atoms with Crippen LogP contribution in [0.1, 0.15) is 40.5 Å². The molecule has 21 heavy (non-hydrogen) atoms. The number of amides is 1. The number of carbonyl (C=O) groups is 1. The zero-order valence-corrected chi connectivity index (χ0v) is 13.3. The number of allylic oxidation sites excluding steroid dienone is 1. The Labute approximate surface area is 127 Å². The van der Waals surface area contributed by atoms with E-state index in [4.69, 9.17) is 0 Å². The lowest BCUT2D eigenvalue weighted by Crippen LogP contribution is -2.23. The van der Waals surface area contributed by atoms with Gasteiger partial charge in [0.15, 0.2) is 0 Å². The predicted octanol–water partition coefficient (Wildman–Crippen LogP) is 2.92. The smallest absolute Gasteiger partial charge is 0.225 e. The Kier molecular flexibility index (Phi) is 3.41. The van der Waals surface area contributed by atoms with E-state index in [0.29, 0.717) is 13.0 Å². The van der Waals surface area contributed by atoms with Gasteiger partial charge in [-0.25, -0.2) is 0 Å². The van der Waals surface area contributed by atoms with E-state index in [9.17, 15) is 4.79 Å². The van der Waals surface area contributed by atoms with E-state index in [2.05, 4.69) is 28.3 Å². The molecule has 0 aliphatic carbocycles. The minimum Gasteiger partial charge on any atom is -0.316 e. The molecule has 110 valence electrons. The molecule has 1 aliphatic heterocycles. The molecule has 3 rings (SSSR count). The molecule has 2 aromatic rings. The molecule has 1 amide bonds. The summed E-state index contributed by atoms with van der Waals surface area (Å²) in [6, 6.07) is 0. The molecule has 1 N–H and O–H groups in total. The van der Waals surface area contributed by atoms with Crippen LogP contribution in [0.2, 0.25) is 0 Å². The third-order valence-corrected chi connectivity index (χ3v) is 4.86. The molecule has 0 saturated carbocycles. The van der Waals surface area contributed by atoms with Gasteiger partial charge < -0.3 is 5.32 Å². The Hall–Kier alpha value is -1.95. The fourth-order valence-electron chi connectivity index (χ4n) is 3.10. The van der Waals surface area contributed by atoms with Crippen LogP contribution in [0.5, 0.6) is 0 Å². The number of rotatable bonds is 3. The van der Waals surface area contributed by atoms with Crippen LogP contribution in [-0.2, 0) is 11.3 Å². The maximum atomic E-state index is 12.0. The fourth-order valence-corrected chi connectivity index (χ4v) is 3.98. The van der Waals surface area contributed by atoms with Crippen LogP contribution in [0.25, 0.3) is 0 Å². The van der Waals surface area contributed by atoms with Crippen LogP contribution in [0.3, 0.4) is 0 Å². The lowest BCUT2D eigenvalue weighted by molar-refractivity contribution is -0.116. The highest BCUT2D eigenvalue weighted by molar-refractivity contribution is 7.10. The van der Waals surface area contributed by atoms with Crippen molar-refractivity contribution in [2.75, 3.05) is 5.32 Å². The highest BCUT2D eigenvalue weighted by atomic mass is 32.1. The number of nitrogens with one attached hydrogen (secondary N) is 1. The number of anilines is 1. The van der Waals surface area contributed by atoms with Crippen molar-refractivity contribution in [1.82, 2.24) is 14.2 Å². The van der Waals surface area contributed by atoms with E-state index < -0.39 is 0 Å². The lowest BCUT2D eigenvalue weighted by atomic mass is 9.85. The average Bonchev–Trinajstić information content (AvgIpc) is 2.91. The predicted molar refractivity (Wildman–Crippen MR) is 83.8 cm³/mol. The molecule has 0 spiro atoms.